The van der Waals surface area contributed by atoms with Gasteiger partial charge in [0, 0.05) is 0 Å². The van der Waals surface area contributed by atoms with Crippen molar-refractivity contribution in [3.05, 3.63) is 57.6 Å². The minimum atomic E-state index is 0.444. The summed E-state index contributed by atoms with van der Waals surface area (Å²) < 4.78 is 2.74. The molecule has 0 radical (unpaired) electrons. The summed E-state index contributed by atoms with van der Waals surface area (Å²) in [5.74, 6) is 0. The van der Waals surface area contributed by atoms with Gasteiger partial charge in [-0.2, -0.15) is 0 Å². The van der Waals surface area contributed by atoms with Gasteiger partial charge in [-0.15, -0.1) is 0 Å². The Balaban J connectivity index is 0.000000117. The molecule has 0 bridgehead atoms. The Hall–Kier alpha value is -0.891. The molecule has 2 aromatic heterocycles. The van der Waals surface area contributed by atoms with Crippen molar-refractivity contribution in [1.82, 2.24) is 9.97 Å². The second-order valence-corrected chi connectivity index (χ2v) is 7.94. The number of aromatic nitrogens is 2. The van der Waals surface area contributed by atoms with E-state index in [1.165, 1.54) is 8.52 Å². The maximum atomic E-state index is 5.76. The predicted octanol–water partition coefficient (Wildman–Crippen LogP) is 3.24. The quantitative estimate of drug-likeness (QED) is 0.425. The van der Waals surface area contributed by atoms with Gasteiger partial charge in [0.15, 0.2) is 0 Å². The van der Waals surface area contributed by atoms with Crippen LogP contribution in [0, 0.1) is 0 Å². The van der Waals surface area contributed by atoms with Gasteiger partial charge in [0.1, 0.15) is 0 Å². The van der Waals surface area contributed by atoms with Crippen LogP contribution in [0.2, 0.25) is 5.02 Å². The number of rotatable bonds is 0. The summed E-state index contributed by atoms with van der Waals surface area (Å²) in [4.78, 5) is 8.38. The Morgan fingerprint density at radius 2 is 1.47 bits per heavy atom. The van der Waals surface area contributed by atoms with E-state index in [4.69, 9.17) is 11.6 Å². The van der Waals surface area contributed by atoms with Crippen molar-refractivity contribution in [1.29, 1.82) is 0 Å². The molecule has 0 saturated carbocycles. The number of fused-ring (bicyclic) bond motifs is 2. The summed E-state index contributed by atoms with van der Waals surface area (Å²) in [6.45, 7) is 0. The van der Waals surface area contributed by atoms with E-state index in [2.05, 4.69) is 28.2 Å². The molecule has 0 spiro atoms. The summed E-state index contributed by atoms with van der Waals surface area (Å²) in [5, 5.41) is 4.75. The molecule has 0 fully saturated rings. The number of para-hydroxylation sites is 1. The predicted molar refractivity (Wildman–Crippen MR) is 82.4 cm³/mol. The zero-order valence-electron chi connectivity index (χ0n) is 9.79. The molecule has 2 nitrogen and oxygen atoms in total. The van der Waals surface area contributed by atoms with Gasteiger partial charge in [0.05, 0.1) is 0 Å². The van der Waals surface area contributed by atoms with Crippen molar-refractivity contribution in [3.8, 4) is 0 Å². The topological polar surface area (TPSA) is 25.8 Å². The number of halogens is 1. The molecule has 5 heteroatoms. The number of nitrogens with zero attached hydrogens (tertiary/aromatic N) is 2. The average Bonchev–Trinajstić information content (AvgIpc) is 3.07. The molecule has 19 heavy (non-hydrogen) atoms. The molecule has 0 aliphatic rings. The first kappa shape index (κ1) is 13.1. The molecule has 0 unspecified atom stereocenters. The minimum absolute atomic E-state index is 0.444. The van der Waals surface area contributed by atoms with E-state index in [9.17, 15) is 0 Å². The van der Waals surface area contributed by atoms with Crippen molar-refractivity contribution in [3.63, 3.8) is 0 Å². The van der Waals surface area contributed by atoms with Crippen LogP contribution in [-0.4, -0.2) is 39.0 Å². The van der Waals surface area contributed by atoms with Gasteiger partial charge in [-0.1, -0.05) is 0 Å². The Kier molecular flexibility index (Phi) is 4.17. The van der Waals surface area contributed by atoms with Crippen LogP contribution in [0.15, 0.2) is 52.6 Å². The molecular formula is C14H9ClN2Se2. The van der Waals surface area contributed by atoms with Gasteiger partial charge in [0.2, 0.25) is 0 Å². The number of hydrogen-bond donors (Lipinski definition) is 0. The van der Waals surface area contributed by atoms with E-state index in [0.717, 1.165) is 16.1 Å². The third-order valence-electron chi connectivity index (χ3n) is 2.53. The monoisotopic (exact) mass is 400 g/mol. The first-order chi connectivity index (χ1) is 9.33. The zero-order valence-corrected chi connectivity index (χ0v) is 14.0. The van der Waals surface area contributed by atoms with E-state index in [0.29, 0.717) is 29.0 Å². The molecule has 2 heterocycles. The van der Waals surface area contributed by atoms with Gasteiger partial charge < -0.3 is 0 Å². The number of benzene rings is 2. The van der Waals surface area contributed by atoms with Gasteiger partial charge in [-0.25, -0.2) is 0 Å². The Labute approximate surface area is 127 Å². The van der Waals surface area contributed by atoms with Crippen molar-refractivity contribution in [2.24, 2.45) is 0 Å². The third-order valence-corrected chi connectivity index (χ3v) is 6.16. The van der Waals surface area contributed by atoms with Crippen LogP contribution in [-0.2, 0) is 0 Å². The Morgan fingerprint density at radius 3 is 2.26 bits per heavy atom. The van der Waals surface area contributed by atoms with Crippen LogP contribution < -0.4 is 0 Å². The molecule has 4 aromatic rings. The molecule has 94 valence electrons. The second kappa shape index (κ2) is 6.04. The number of hydrogen-bond acceptors (Lipinski definition) is 2. The van der Waals surface area contributed by atoms with Gasteiger partial charge in [-0.3, -0.25) is 0 Å². The SMILES string of the molecule is Clc1ccc2[se]cnc2c1.c1ccc2[se]cnc2c1. The van der Waals surface area contributed by atoms with Gasteiger partial charge in [-0.05, 0) is 0 Å². The van der Waals surface area contributed by atoms with Crippen LogP contribution in [0.5, 0.6) is 0 Å². The summed E-state index contributed by atoms with van der Waals surface area (Å²) >= 11 is 6.71. The average molecular weight is 399 g/mol. The van der Waals surface area contributed by atoms with Crippen LogP contribution in [0.1, 0.15) is 0 Å². The molecule has 0 aliphatic carbocycles. The summed E-state index contributed by atoms with van der Waals surface area (Å²) in [6.07, 6.45) is 0. The van der Waals surface area contributed by atoms with E-state index >= 15 is 0 Å². The molecular weight excluding hydrogens is 390 g/mol. The standard InChI is InChI=1S/C7H4ClNSe.C7H5NSe/c8-5-1-2-7-6(3-5)9-4-10-7;1-2-4-7-6(3-1)8-5-9-7/h1-4H;1-5H. The van der Waals surface area contributed by atoms with E-state index in [1.54, 1.807) is 0 Å². The molecule has 4 rings (SSSR count). The van der Waals surface area contributed by atoms with E-state index in [-0.39, 0.29) is 0 Å². The Bertz CT molecular complexity index is 777. The molecule has 0 atom stereocenters. The van der Waals surface area contributed by atoms with Crippen LogP contribution in [0.4, 0.5) is 0 Å². The van der Waals surface area contributed by atoms with Crippen LogP contribution in [0.25, 0.3) is 19.6 Å². The van der Waals surface area contributed by atoms with Crippen molar-refractivity contribution >= 4 is 60.2 Å². The Morgan fingerprint density at radius 1 is 0.789 bits per heavy atom. The zero-order chi connectivity index (χ0) is 13.1. The van der Waals surface area contributed by atoms with Crippen molar-refractivity contribution in [2.45, 2.75) is 0 Å². The second-order valence-electron chi connectivity index (χ2n) is 3.78. The maximum absolute atomic E-state index is 5.76. The van der Waals surface area contributed by atoms with Crippen LogP contribution in [0.3, 0.4) is 0 Å². The molecule has 0 N–H and O–H groups in total. The van der Waals surface area contributed by atoms with Crippen molar-refractivity contribution in [2.75, 3.05) is 0 Å². The molecule has 0 aliphatic heterocycles. The fourth-order valence-electron chi connectivity index (χ4n) is 1.63. The van der Waals surface area contributed by atoms with Crippen molar-refractivity contribution < 1.29 is 0 Å². The summed E-state index contributed by atoms with van der Waals surface area (Å²) in [6, 6.07) is 14.2. The van der Waals surface area contributed by atoms with Crippen LogP contribution >= 0.6 is 11.6 Å². The fraction of sp³-hybridized carbons (Fsp3) is 0. The molecule has 0 saturated heterocycles. The normalized spacial score (nSPS) is 10.4. The molecule has 0 amide bonds. The molecule has 2 aromatic carbocycles. The van der Waals surface area contributed by atoms with E-state index in [1.807, 2.05) is 34.4 Å². The summed E-state index contributed by atoms with van der Waals surface area (Å²) in [7, 11) is 0. The first-order valence-electron chi connectivity index (χ1n) is 5.60. The third kappa shape index (κ3) is 3.17. The van der Waals surface area contributed by atoms with E-state index < -0.39 is 0 Å². The van der Waals surface area contributed by atoms with Gasteiger partial charge >= 0.3 is 128 Å². The van der Waals surface area contributed by atoms with Gasteiger partial charge in [0.25, 0.3) is 0 Å². The summed E-state index contributed by atoms with van der Waals surface area (Å²) in [5.41, 5.74) is 2.21. The first-order valence-corrected chi connectivity index (χ1v) is 9.67. The fourth-order valence-corrected chi connectivity index (χ4v) is 4.61.